The van der Waals surface area contributed by atoms with Crippen molar-refractivity contribution in [3.63, 3.8) is 0 Å². The topological polar surface area (TPSA) is 37.3 Å². The molecule has 3 aliphatic rings. The van der Waals surface area contributed by atoms with Crippen molar-refractivity contribution < 1.29 is 9.90 Å². The Balaban J connectivity index is 1.39. The van der Waals surface area contributed by atoms with Crippen molar-refractivity contribution in [1.29, 1.82) is 0 Å². The van der Waals surface area contributed by atoms with Gasteiger partial charge in [0.25, 0.3) is 0 Å². The summed E-state index contributed by atoms with van der Waals surface area (Å²) in [7, 11) is 0. The molecule has 24 heavy (non-hydrogen) atoms. The lowest BCUT2D eigenvalue weighted by molar-refractivity contribution is -0.137. The average Bonchev–Trinajstić information content (AvgIpc) is 3.28. The number of aliphatic carboxylic acids is 1. The molecular formula is C20H32O2S2. The van der Waals surface area contributed by atoms with Crippen LogP contribution in [0.2, 0.25) is 0 Å². The quantitative estimate of drug-likeness (QED) is 0.393. The lowest BCUT2D eigenvalue weighted by Crippen LogP contribution is -2.27. The van der Waals surface area contributed by atoms with Gasteiger partial charge in [-0.3, -0.25) is 4.79 Å². The van der Waals surface area contributed by atoms with Gasteiger partial charge in [0.15, 0.2) is 0 Å². The molecule has 2 aliphatic heterocycles. The summed E-state index contributed by atoms with van der Waals surface area (Å²) in [6, 6.07) is 0. The fraction of sp³-hybridized carbons (Fsp3) is 0.850. The van der Waals surface area contributed by atoms with Crippen LogP contribution >= 0.6 is 23.5 Å². The van der Waals surface area contributed by atoms with Gasteiger partial charge in [-0.25, -0.2) is 0 Å². The summed E-state index contributed by atoms with van der Waals surface area (Å²) in [6.45, 7) is 0. The summed E-state index contributed by atoms with van der Waals surface area (Å²) in [5.41, 5.74) is 0. The second-order valence-corrected chi connectivity index (χ2v) is 10.6. The summed E-state index contributed by atoms with van der Waals surface area (Å²) in [6.07, 6.45) is 17.9. The van der Waals surface area contributed by atoms with Gasteiger partial charge < -0.3 is 5.11 Å². The average molecular weight is 369 g/mol. The van der Waals surface area contributed by atoms with Gasteiger partial charge in [0.05, 0.1) is 0 Å². The van der Waals surface area contributed by atoms with E-state index in [4.69, 9.17) is 5.11 Å². The number of carboxylic acid groups (broad SMARTS) is 1. The molecule has 4 heteroatoms. The van der Waals surface area contributed by atoms with Gasteiger partial charge >= 0.3 is 5.97 Å². The summed E-state index contributed by atoms with van der Waals surface area (Å²) in [4.78, 5) is 10.5. The van der Waals surface area contributed by atoms with Crippen LogP contribution < -0.4 is 0 Å². The first-order chi connectivity index (χ1) is 11.7. The van der Waals surface area contributed by atoms with Crippen LogP contribution in [0.3, 0.4) is 0 Å². The van der Waals surface area contributed by atoms with E-state index in [9.17, 15) is 4.79 Å². The zero-order valence-electron chi connectivity index (χ0n) is 14.7. The van der Waals surface area contributed by atoms with E-state index in [1.165, 1.54) is 57.1 Å². The van der Waals surface area contributed by atoms with Crippen LogP contribution in [0.5, 0.6) is 0 Å². The normalized spacial score (nSPS) is 33.0. The highest BCUT2D eigenvalue weighted by Gasteiger charge is 2.47. The van der Waals surface area contributed by atoms with E-state index in [-0.39, 0.29) is 0 Å². The van der Waals surface area contributed by atoms with E-state index in [1.807, 2.05) is 0 Å². The molecule has 4 atom stereocenters. The lowest BCUT2D eigenvalue weighted by atomic mass is 9.76. The summed E-state index contributed by atoms with van der Waals surface area (Å²) >= 11 is 4.54. The first kappa shape index (κ1) is 18.7. The van der Waals surface area contributed by atoms with Crippen molar-refractivity contribution in [2.24, 2.45) is 11.8 Å². The molecule has 0 amide bonds. The van der Waals surface area contributed by atoms with E-state index in [0.717, 1.165) is 40.4 Å². The van der Waals surface area contributed by atoms with Crippen molar-refractivity contribution >= 4 is 29.5 Å². The minimum absolute atomic E-state index is 0.301. The van der Waals surface area contributed by atoms with Crippen LogP contribution in [-0.4, -0.2) is 32.6 Å². The monoisotopic (exact) mass is 368 g/mol. The van der Waals surface area contributed by atoms with E-state index in [2.05, 4.69) is 35.7 Å². The number of hydrogen-bond donors (Lipinski definition) is 1. The number of carboxylic acids is 1. The first-order valence-corrected chi connectivity index (χ1v) is 11.9. The first-order valence-electron chi connectivity index (χ1n) is 9.88. The van der Waals surface area contributed by atoms with Crippen molar-refractivity contribution in [3.8, 4) is 0 Å². The number of hydrogen-bond acceptors (Lipinski definition) is 3. The Morgan fingerprint density at radius 1 is 1.08 bits per heavy atom. The molecule has 2 saturated heterocycles. The molecule has 0 aromatic carbocycles. The Kier molecular flexibility index (Phi) is 7.45. The number of unbranched alkanes of at least 4 members (excludes halogenated alkanes) is 1. The van der Waals surface area contributed by atoms with Gasteiger partial charge in [0.1, 0.15) is 0 Å². The molecule has 2 nitrogen and oxygen atoms in total. The minimum atomic E-state index is -0.673. The molecule has 0 aromatic heterocycles. The number of allylic oxidation sites excluding steroid dienone is 2. The van der Waals surface area contributed by atoms with Crippen LogP contribution in [0, 0.1) is 11.8 Å². The van der Waals surface area contributed by atoms with E-state index < -0.39 is 5.97 Å². The van der Waals surface area contributed by atoms with Crippen LogP contribution in [0.15, 0.2) is 12.2 Å². The minimum Gasteiger partial charge on any atom is -0.481 e. The fourth-order valence-corrected chi connectivity index (χ4v) is 8.22. The van der Waals surface area contributed by atoms with Gasteiger partial charge in [-0.2, -0.15) is 23.5 Å². The van der Waals surface area contributed by atoms with Gasteiger partial charge in [0, 0.05) is 22.2 Å². The van der Waals surface area contributed by atoms with E-state index in [0.29, 0.717) is 6.42 Å². The maximum absolute atomic E-state index is 10.5. The summed E-state index contributed by atoms with van der Waals surface area (Å²) in [5, 5.41) is 11.5. The van der Waals surface area contributed by atoms with E-state index in [1.54, 1.807) is 0 Å². The molecule has 3 rings (SSSR count). The van der Waals surface area contributed by atoms with Crippen LogP contribution in [-0.2, 0) is 4.79 Å². The Hall–Kier alpha value is -0.0900. The third-order valence-electron chi connectivity index (χ3n) is 6.03. The van der Waals surface area contributed by atoms with Crippen molar-refractivity contribution in [2.45, 2.75) is 86.4 Å². The lowest BCUT2D eigenvalue weighted by Gasteiger charge is -2.29. The molecule has 1 aliphatic carbocycles. The molecule has 1 saturated carbocycles. The predicted molar refractivity (Wildman–Crippen MR) is 106 cm³/mol. The van der Waals surface area contributed by atoms with Crippen molar-refractivity contribution in [2.75, 3.05) is 5.75 Å². The maximum atomic E-state index is 10.5. The molecule has 0 spiro atoms. The van der Waals surface area contributed by atoms with Gasteiger partial charge in [-0.05, 0) is 69.0 Å². The molecular weight excluding hydrogens is 336 g/mol. The zero-order chi connectivity index (χ0) is 16.8. The highest BCUT2D eigenvalue weighted by Crippen LogP contribution is 2.55. The highest BCUT2D eigenvalue weighted by molar-refractivity contribution is 8.01. The third-order valence-corrected chi connectivity index (χ3v) is 9.32. The molecule has 0 radical (unpaired) electrons. The fourth-order valence-electron chi connectivity index (χ4n) is 4.77. The molecule has 3 fully saturated rings. The molecule has 0 aromatic rings. The maximum Gasteiger partial charge on any atom is 0.303 e. The number of carbonyl (C=O) groups is 1. The van der Waals surface area contributed by atoms with Gasteiger partial charge in [-0.15, -0.1) is 0 Å². The SMILES string of the molecule is O=C(O)CCCC=CC[C@@H]1[C@H](CCSC2CCCC2)[C@@H]2CC[C@H]1S2. The smallest absolute Gasteiger partial charge is 0.303 e. The van der Waals surface area contributed by atoms with Gasteiger partial charge in [-0.1, -0.05) is 25.0 Å². The van der Waals surface area contributed by atoms with E-state index >= 15 is 0 Å². The second-order valence-electron chi connectivity index (χ2n) is 7.68. The van der Waals surface area contributed by atoms with Crippen molar-refractivity contribution in [3.05, 3.63) is 12.2 Å². The molecule has 1 N–H and O–H groups in total. The molecule has 2 heterocycles. The van der Waals surface area contributed by atoms with Gasteiger partial charge in [0.2, 0.25) is 0 Å². The van der Waals surface area contributed by atoms with Crippen LogP contribution in [0.4, 0.5) is 0 Å². The Morgan fingerprint density at radius 2 is 1.83 bits per heavy atom. The Bertz CT molecular complexity index is 431. The van der Waals surface area contributed by atoms with Crippen molar-refractivity contribution in [1.82, 2.24) is 0 Å². The third kappa shape index (κ3) is 5.20. The highest BCUT2D eigenvalue weighted by atomic mass is 32.2. The number of thioether (sulfide) groups is 2. The molecule has 136 valence electrons. The van der Waals surface area contributed by atoms with Crippen LogP contribution in [0.25, 0.3) is 0 Å². The molecule has 0 unspecified atom stereocenters. The second kappa shape index (κ2) is 9.56. The number of rotatable bonds is 10. The Morgan fingerprint density at radius 3 is 2.58 bits per heavy atom. The summed E-state index contributed by atoms with van der Waals surface area (Å²) in [5.74, 6) is 2.52. The predicted octanol–water partition coefficient (Wildman–Crippen LogP) is 5.76. The molecule has 2 bridgehead atoms. The zero-order valence-corrected chi connectivity index (χ0v) is 16.3. The largest absolute Gasteiger partial charge is 0.481 e. The number of fused-ring (bicyclic) bond motifs is 2. The Labute approximate surface area is 155 Å². The standard InChI is InChI=1S/C20H32O2S2/c21-20(22)10-4-2-1-3-9-16-17(19-12-11-18(16)24-19)13-14-23-15-7-5-6-8-15/h1,3,15-19H,2,4-14H2,(H,21,22)/t16-,17+,18-,19+/m1/s1. The van der Waals surface area contributed by atoms with Crippen LogP contribution in [0.1, 0.15) is 70.6 Å². The summed E-state index contributed by atoms with van der Waals surface area (Å²) < 4.78 is 0.